The van der Waals surface area contributed by atoms with Gasteiger partial charge < -0.3 is 14.9 Å². The van der Waals surface area contributed by atoms with Crippen LogP contribution < -0.4 is 0 Å². The number of hydrogen-bond donors (Lipinski definition) is 2. The second-order valence-electron chi connectivity index (χ2n) is 4.35. The molecule has 0 amide bonds. The first kappa shape index (κ1) is 7.76. The summed E-state index contributed by atoms with van der Waals surface area (Å²) in [5.74, 6) is -0.426. The third kappa shape index (κ3) is 0.758. The molecule has 2 bridgehead atoms. The molecule has 3 fully saturated rings. The number of hydrogen-bond acceptors (Lipinski definition) is 4. The van der Waals surface area contributed by atoms with Crippen molar-refractivity contribution in [2.45, 2.75) is 18.6 Å². The average molecular weight is 184 g/mol. The maximum atomic E-state index is 11.3. The first-order valence-corrected chi connectivity index (χ1v) is 4.73. The van der Waals surface area contributed by atoms with E-state index in [0.29, 0.717) is 13.0 Å². The molecule has 1 aliphatic heterocycles. The SMILES string of the molecule is O=C1OC[C@@H]2[C@H]1[C@@H]1C[C@@H](O)[C@H]2[C@@H]1O. The van der Waals surface area contributed by atoms with Gasteiger partial charge >= 0.3 is 5.97 Å². The molecule has 1 heterocycles. The minimum Gasteiger partial charge on any atom is -0.465 e. The van der Waals surface area contributed by atoms with Crippen molar-refractivity contribution in [1.29, 1.82) is 0 Å². The molecule has 3 rings (SSSR count). The Morgan fingerprint density at radius 2 is 2.08 bits per heavy atom. The number of aliphatic hydroxyl groups excluding tert-OH is 2. The third-order valence-electron chi connectivity index (χ3n) is 3.90. The molecule has 0 aromatic rings. The number of esters is 1. The molecular formula is C9H12O4. The van der Waals surface area contributed by atoms with Gasteiger partial charge in [0.25, 0.3) is 0 Å². The van der Waals surface area contributed by atoms with Gasteiger partial charge in [-0.2, -0.15) is 0 Å². The van der Waals surface area contributed by atoms with Crippen molar-refractivity contribution in [2.24, 2.45) is 23.7 Å². The monoisotopic (exact) mass is 184 g/mol. The fraction of sp³-hybridized carbons (Fsp3) is 0.889. The smallest absolute Gasteiger partial charge is 0.309 e. The molecule has 0 aromatic carbocycles. The number of ether oxygens (including phenoxy) is 1. The molecule has 2 aliphatic carbocycles. The Balaban J connectivity index is 1.98. The van der Waals surface area contributed by atoms with Crippen LogP contribution in [0.4, 0.5) is 0 Å². The van der Waals surface area contributed by atoms with Crippen LogP contribution in [-0.4, -0.2) is 35.0 Å². The lowest BCUT2D eigenvalue weighted by molar-refractivity contribution is -0.143. The molecule has 2 saturated carbocycles. The molecule has 4 heteroatoms. The van der Waals surface area contributed by atoms with Gasteiger partial charge in [-0.25, -0.2) is 0 Å². The van der Waals surface area contributed by atoms with Crippen molar-refractivity contribution in [2.75, 3.05) is 6.61 Å². The maximum Gasteiger partial charge on any atom is 0.309 e. The highest BCUT2D eigenvalue weighted by atomic mass is 16.5. The molecule has 0 radical (unpaired) electrons. The van der Waals surface area contributed by atoms with Gasteiger partial charge in [-0.3, -0.25) is 4.79 Å². The predicted octanol–water partition coefficient (Wildman–Crippen LogP) is -0.853. The summed E-state index contributed by atoms with van der Waals surface area (Å²) in [6.45, 7) is 0.388. The third-order valence-corrected chi connectivity index (χ3v) is 3.90. The first-order chi connectivity index (χ1) is 6.20. The maximum absolute atomic E-state index is 11.3. The zero-order valence-corrected chi connectivity index (χ0v) is 7.09. The van der Waals surface area contributed by atoms with Crippen LogP contribution in [-0.2, 0) is 9.53 Å². The molecule has 13 heavy (non-hydrogen) atoms. The molecule has 0 aromatic heterocycles. The summed E-state index contributed by atoms with van der Waals surface area (Å²) in [6, 6.07) is 0. The molecule has 0 unspecified atom stereocenters. The van der Waals surface area contributed by atoms with Crippen molar-refractivity contribution in [1.82, 2.24) is 0 Å². The highest BCUT2D eigenvalue weighted by molar-refractivity contribution is 5.76. The zero-order valence-electron chi connectivity index (χ0n) is 7.09. The minimum atomic E-state index is -0.488. The summed E-state index contributed by atoms with van der Waals surface area (Å²) in [4.78, 5) is 11.3. The average Bonchev–Trinajstić information content (AvgIpc) is 2.64. The molecule has 3 aliphatic rings. The highest BCUT2D eigenvalue weighted by Crippen LogP contribution is 2.55. The predicted molar refractivity (Wildman–Crippen MR) is 41.5 cm³/mol. The molecule has 6 atom stereocenters. The van der Waals surface area contributed by atoms with E-state index in [2.05, 4.69) is 0 Å². The van der Waals surface area contributed by atoms with Gasteiger partial charge in [-0.05, 0) is 6.42 Å². The topological polar surface area (TPSA) is 66.8 Å². The summed E-state index contributed by atoms with van der Waals surface area (Å²) < 4.78 is 4.94. The Bertz CT molecular complexity index is 262. The van der Waals surface area contributed by atoms with Crippen LogP contribution in [0.15, 0.2) is 0 Å². The van der Waals surface area contributed by atoms with Crippen LogP contribution in [0.3, 0.4) is 0 Å². The number of carbonyl (C=O) groups excluding carboxylic acids is 1. The standard InChI is InChI=1S/C9H12O4/c10-5-1-3-6-4(2-13-9(6)12)7(5)8(3)11/h3-8,10-11H,1-2H2/t3-,4+,5+,6+,7-,8+/m0/s1. The van der Waals surface area contributed by atoms with E-state index < -0.39 is 12.2 Å². The van der Waals surface area contributed by atoms with E-state index in [-0.39, 0.29) is 29.6 Å². The molecule has 4 nitrogen and oxygen atoms in total. The highest BCUT2D eigenvalue weighted by Gasteiger charge is 2.63. The van der Waals surface area contributed by atoms with Gasteiger partial charge in [0.1, 0.15) is 0 Å². The summed E-state index contributed by atoms with van der Waals surface area (Å²) >= 11 is 0. The first-order valence-electron chi connectivity index (χ1n) is 4.73. The molecule has 0 spiro atoms. The van der Waals surface area contributed by atoms with Crippen LogP contribution in [0.2, 0.25) is 0 Å². The molecule has 1 saturated heterocycles. The van der Waals surface area contributed by atoms with Crippen molar-refractivity contribution in [3.63, 3.8) is 0 Å². The quantitative estimate of drug-likeness (QED) is 0.481. The van der Waals surface area contributed by atoms with Crippen molar-refractivity contribution >= 4 is 5.97 Å². The Morgan fingerprint density at radius 3 is 2.85 bits per heavy atom. The molecule has 2 N–H and O–H groups in total. The summed E-state index contributed by atoms with van der Waals surface area (Å²) in [5, 5.41) is 19.4. The second-order valence-corrected chi connectivity index (χ2v) is 4.35. The Morgan fingerprint density at radius 1 is 1.31 bits per heavy atom. The number of rotatable bonds is 0. The fourth-order valence-corrected chi connectivity index (χ4v) is 3.38. The van der Waals surface area contributed by atoms with Gasteiger partial charge in [0.05, 0.1) is 24.7 Å². The largest absolute Gasteiger partial charge is 0.465 e. The number of fused-ring (bicyclic) bond motifs is 5. The Hall–Kier alpha value is -0.610. The summed E-state index contributed by atoms with van der Waals surface area (Å²) in [5.41, 5.74) is 0. The molecule has 72 valence electrons. The lowest BCUT2D eigenvalue weighted by atomic mass is 9.80. The van der Waals surface area contributed by atoms with E-state index in [9.17, 15) is 15.0 Å². The van der Waals surface area contributed by atoms with Gasteiger partial charge in [0.15, 0.2) is 0 Å². The molecular weight excluding hydrogens is 172 g/mol. The van der Waals surface area contributed by atoms with Crippen LogP contribution >= 0.6 is 0 Å². The Labute approximate surface area is 75.5 Å². The van der Waals surface area contributed by atoms with Crippen LogP contribution in [0.25, 0.3) is 0 Å². The van der Waals surface area contributed by atoms with E-state index in [1.807, 2.05) is 0 Å². The van der Waals surface area contributed by atoms with Gasteiger partial charge in [-0.1, -0.05) is 0 Å². The summed E-state index contributed by atoms with van der Waals surface area (Å²) in [6.07, 6.45) is -0.365. The minimum absolute atomic E-state index is 0.0556. The van der Waals surface area contributed by atoms with Crippen LogP contribution in [0.5, 0.6) is 0 Å². The second kappa shape index (κ2) is 2.25. The van der Waals surface area contributed by atoms with Crippen LogP contribution in [0.1, 0.15) is 6.42 Å². The Kier molecular flexibility index (Phi) is 1.34. The van der Waals surface area contributed by atoms with E-state index >= 15 is 0 Å². The summed E-state index contributed by atoms with van der Waals surface area (Å²) in [7, 11) is 0. The van der Waals surface area contributed by atoms with E-state index in [1.54, 1.807) is 0 Å². The number of aliphatic hydroxyl groups is 2. The van der Waals surface area contributed by atoms with E-state index in [4.69, 9.17) is 4.74 Å². The number of cyclic esters (lactones) is 1. The lowest BCUT2D eigenvalue weighted by Gasteiger charge is -2.23. The van der Waals surface area contributed by atoms with Crippen molar-refractivity contribution in [3.8, 4) is 0 Å². The van der Waals surface area contributed by atoms with Gasteiger partial charge in [-0.15, -0.1) is 0 Å². The van der Waals surface area contributed by atoms with Crippen LogP contribution in [0, 0.1) is 23.7 Å². The normalized spacial score (nSPS) is 58.2. The van der Waals surface area contributed by atoms with Gasteiger partial charge in [0.2, 0.25) is 0 Å². The van der Waals surface area contributed by atoms with Gasteiger partial charge in [0, 0.05) is 17.8 Å². The van der Waals surface area contributed by atoms with Crippen molar-refractivity contribution < 1.29 is 19.7 Å². The lowest BCUT2D eigenvalue weighted by Crippen LogP contribution is -2.31. The number of carbonyl (C=O) groups is 1. The zero-order chi connectivity index (χ0) is 9.16. The van der Waals surface area contributed by atoms with E-state index in [1.165, 1.54) is 0 Å². The van der Waals surface area contributed by atoms with Crippen molar-refractivity contribution in [3.05, 3.63) is 0 Å². The fourth-order valence-electron chi connectivity index (χ4n) is 3.38. The van der Waals surface area contributed by atoms with E-state index in [0.717, 1.165) is 0 Å².